The summed E-state index contributed by atoms with van der Waals surface area (Å²) < 4.78 is 5.85. The maximum atomic E-state index is 12.9. The van der Waals surface area contributed by atoms with Crippen LogP contribution in [0.4, 0.5) is 11.4 Å². The Morgan fingerprint density at radius 2 is 1.54 bits per heavy atom. The van der Waals surface area contributed by atoms with Crippen molar-refractivity contribution in [1.29, 1.82) is 0 Å². The molecule has 4 rings (SSSR count). The van der Waals surface area contributed by atoms with Crippen LogP contribution in [0.5, 0.6) is 5.75 Å². The van der Waals surface area contributed by atoms with Gasteiger partial charge in [0.2, 0.25) is 5.91 Å². The third-order valence-electron chi connectivity index (χ3n) is 6.08. The van der Waals surface area contributed by atoms with Crippen LogP contribution in [-0.2, 0) is 11.2 Å². The highest BCUT2D eigenvalue weighted by Gasteiger charge is 2.17. The van der Waals surface area contributed by atoms with Gasteiger partial charge in [0, 0.05) is 42.5 Å². The van der Waals surface area contributed by atoms with E-state index in [9.17, 15) is 9.59 Å². The summed E-state index contributed by atoms with van der Waals surface area (Å²) in [4.78, 5) is 27.3. The van der Waals surface area contributed by atoms with Gasteiger partial charge in [0.05, 0.1) is 13.2 Å². The number of nitrogens with zero attached hydrogens (tertiary/aromatic N) is 1. The summed E-state index contributed by atoms with van der Waals surface area (Å²) in [5.74, 6) is 0.603. The molecule has 0 unspecified atom stereocenters. The van der Waals surface area contributed by atoms with E-state index >= 15 is 0 Å². The first-order valence-electron chi connectivity index (χ1n) is 12.4. The fourth-order valence-corrected chi connectivity index (χ4v) is 4.20. The summed E-state index contributed by atoms with van der Waals surface area (Å²) >= 11 is 0. The summed E-state index contributed by atoms with van der Waals surface area (Å²) in [6, 6.07) is 25.0. The highest BCUT2D eigenvalue weighted by Crippen LogP contribution is 2.19. The van der Waals surface area contributed by atoms with E-state index in [2.05, 4.69) is 22.8 Å². The molecule has 0 atom stereocenters. The molecule has 0 saturated carbocycles. The first-order chi connectivity index (χ1) is 17.2. The highest BCUT2D eigenvalue weighted by atomic mass is 16.5. The zero-order valence-corrected chi connectivity index (χ0v) is 20.0. The first-order valence-corrected chi connectivity index (χ1v) is 12.4. The van der Waals surface area contributed by atoms with Gasteiger partial charge < -0.3 is 20.3 Å². The molecule has 0 aromatic heterocycles. The van der Waals surface area contributed by atoms with Gasteiger partial charge in [-0.25, -0.2) is 0 Å². The van der Waals surface area contributed by atoms with Crippen molar-refractivity contribution < 1.29 is 14.3 Å². The smallest absolute Gasteiger partial charge is 0.253 e. The molecule has 1 aliphatic rings. The van der Waals surface area contributed by atoms with E-state index in [0.717, 1.165) is 38.0 Å². The molecule has 6 heteroatoms. The second kappa shape index (κ2) is 12.6. The molecule has 0 aliphatic carbocycles. The summed E-state index contributed by atoms with van der Waals surface area (Å²) in [5.41, 5.74) is 3.30. The van der Waals surface area contributed by atoms with E-state index < -0.39 is 0 Å². The average Bonchev–Trinajstić information content (AvgIpc) is 3.18. The largest absolute Gasteiger partial charge is 0.493 e. The van der Waals surface area contributed by atoms with Gasteiger partial charge in [0.25, 0.3) is 5.91 Å². The van der Waals surface area contributed by atoms with Gasteiger partial charge in [-0.2, -0.15) is 0 Å². The molecule has 35 heavy (non-hydrogen) atoms. The van der Waals surface area contributed by atoms with E-state index in [4.69, 9.17) is 4.74 Å². The molecule has 0 radical (unpaired) electrons. The Kier molecular flexibility index (Phi) is 8.76. The van der Waals surface area contributed by atoms with Crippen molar-refractivity contribution in [1.82, 2.24) is 4.90 Å². The molecule has 2 amide bonds. The number of rotatable bonds is 9. The molecule has 3 aromatic carbocycles. The predicted octanol–water partition coefficient (Wildman–Crippen LogP) is 5.37. The first kappa shape index (κ1) is 24.3. The third kappa shape index (κ3) is 7.60. The lowest BCUT2D eigenvalue weighted by Crippen LogP contribution is -2.31. The van der Waals surface area contributed by atoms with Crippen molar-refractivity contribution in [3.05, 3.63) is 90.0 Å². The molecule has 0 spiro atoms. The number of carbonyl (C=O) groups excluding carboxylic acids is 2. The van der Waals surface area contributed by atoms with E-state index in [0.29, 0.717) is 23.6 Å². The number of hydrogen-bond donors (Lipinski definition) is 2. The van der Waals surface area contributed by atoms with Crippen molar-refractivity contribution in [3.63, 3.8) is 0 Å². The molecule has 0 bridgehead atoms. The number of anilines is 2. The van der Waals surface area contributed by atoms with Gasteiger partial charge in [-0.1, -0.05) is 55.3 Å². The quantitative estimate of drug-likeness (QED) is 0.440. The topological polar surface area (TPSA) is 70.7 Å². The number of ether oxygens (including phenoxy) is 1. The summed E-state index contributed by atoms with van der Waals surface area (Å²) in [5, 5.41) is 6.03. The van der Waals surface area contributed by atoms with Gasteiger partial charge in [-0.15, -0.1) is 0 Å². The van der Waals surface area contributed by atoms with Crippen LogP contribution in [-0.4, -0.2) is 43.0 Å². The number of hydrogen-bond acceptors (Lipinski definition) is 4. The van der Waals surface area contributed by atoms with Crippen LogP contribution in [0.15, 0.2) is 78.9 Å². The van der Waals surface area contributed by atoms with Gasteiger partial charge in [0.1, 0.15) is 5.75 Å². The Labute approximate surface area is 207 Å². The Hall–Kier alpha value is -3.80. The fourth-order valence-electron chi connectivity index (χ4n) is 4.20. The molecular formula is C29H33N3O3. The van der Waals surface area contributed by atoms with Crippen LogP contribution >= 0.6 is 0 Å². The SMILES string of the molecule is O=C(CNc1cccc(C(=O)N2CCCCCC2)c1)Nc1cccc(OCCc2ccccc2)c1. The maximum Gasteiger partial charge on any atom is 0.253 e. The Morgan fingerprint density at radius 3 is 2.34 bits per heavy atom. The third-order valence-corrected chi connectivity index (χ3v) is 6.08. The number of likely N-dealkylation sites (tertiary alicyclic amines) is 1. The lowest BCUT2D eigenvalue weighted by atomic mass is 10.1. The molecule has 1 fully saturated rings. The minimum absolute atomic E-state index is 0.0593. The van der Waals surface area contributed by atoms with Gasteiger partial charge in [0.15, 0.2) is 0 Å². The average molecular weight is 472 g/mol. The van der Waals surface area contributed by atoms with Crippen LogP contribution in [0, 0.1) is 0 Å². The lowest BCUT2D eigenvalue weighted by molar-refractivity contribution is -0.114. The second-order valence-electron chi connectivity index (χ2n) is 8.80. The molecule has 1 saturated heterocycles. The second-order valence-corrected chi connectivity index (χ2v) is 8.80. The number of benzene rings is 3. The monoisotopic (exact) mass is 471 g/mol. The zero-order chi connectivity index (χ0) is 24.3. The van der Waals surface area contributed by atoms with Gasteiger partial charge in [-0.3, -0.25) is 9.59 Å². The summed E-state index contributed by atoms with van der Waals surface area (Å²) in [6.45, 7) is 2.29. The van der Waals surface area contributed by atoms with E-state index in [1.54, 1.807) is 0 Å². The lowest BCUT2D eigenvalue weighted by Gasteiger charge is -2.20. The molecule has 182 valence electrons. The standard InChI is InChI=1S/C29H33N3O3/c33-28(31-26-14-9-15-27(21-26)35-19-16-23-10-4-3-5-11-23)22-30-25-13-8-12-24(20-25)29(34)32-17-6-1-2-7-18-32/h3-5,8-15,20-21,30H,1-2,6-7,16-19,22H2,(H,31,33). The molecular weight excluding hydrogens is 438 g/mol. The van der Waals surface area contributed by atoms with Crippen molar-refractivity contribution in [3.8, 4) is 5.75 Å². The van der Waals surface area contributed by atoms with Crippen LogP contribution in [0.3, 0.4) is 0 Å². The fraction of sp³-hybridized carbons (Fsp3) is 0.310. The van der Waals surface area contributed by atoms with Crippen LogP contribution in [0.25, 0.3) is 0 Å². The van der Waals surface area contributed by atoms with Crippen LogP contribution in [0.2, 0.25) is 0 Å². The molecule has 3 aromatic rings. The maximum absolute atomic E-state index is 12.9. The van der Waals surface area contributed by atoms with Crippen molar-refractivity contribution >= 4 is 23.2 Å². The number of nitrogens with one attached hydrogen (secondary N) is 2. The Morgan fingerprint density at radius 1 is 0.800 bits per heavy atom. The van der Waals surface area contributed by atoms with E-state index in [1.165, 1.54) is 18.4 Å². The van der Waals surface area contributed by atoms with Gasteiger partial charge in [-0.05, 0) is 48.7 Å². The van der Waals surface area contributed by atoms with E-state index in [1.807, 2.05) is 71.6 Å². The molecule has 1 heterocycles. The molecule has 1 aliphatic heterocycles. The van der Waals surface area contributed by atoms with Crippen molar-refractivity contribution in [2.75, 3.05) is 36.9 Å². The predicted molar refractivity (Wildman–Crippen MR) is 140 cm³/mol. The van der Waals surface area contributed by atoms with Gasteiger partial charge >= 0.3 is 0 Å². The van der Waals surface area contributed by atoms with Crippen molar-refractivity contribution in [2.45, 2.75) is 32.1 Å². The minimum Gasteiger partial charge on any atom is -0.493 e. The number of carbonyl (C=O) groups is 2. The minimum atomic E-state index is -0.171. The summed E-state index contributed by atoms with van der Waals surface area (Å²) in [6.07, 6.45) is 5.30. The van der Waals surface area contributed by atoms with Crippen LogP contribution < -0.4 is 15.4 Å². The normalized spacial score (nSPS) is 13.5. The zero-order valence-electron chi connectivity index (χ0n) is 20.0. The van der Waals surface area contributed by atoms with Crippen LogP contribution in [0.1, 0.15) is 41.6 Å². The highest BCUT2D eigenvalue weighted by molar-refractivity contribution is 5.96. The van der Waals surface area contributed by atoms with E-state index in [-0.39, 0.29) is 18.4 Å². The molecule has 6 nitrogen and oxygen atoms in total. The Bertz CT molecular complexity index is 1110. The number of amides is 2. The Balaban J connectivity index is 1.25. The summed E-state index contributed by atoms with van der Waals surface area (Å²) in [7, 11) is 0. The van der Waals surface area contributed by atoms with Crippen molar-refractivity contribution in [2.24, 2.45) is 0 Å². The molecule has 2 N–H and O–H groups in total.